The molecular formula is C29H37N3O4. The lowest BCUT2D eigenvalue weighted by atomic mass is 9.79. The quantitative estimate of drug-likeness (QED) is 0.372. The van der Waals surface area contributed by atoms with Gasteiger partial charge in [0.2, 0.25) is 0 Å². The van der Waals surface area contributed by atoms with Crippen molar-refractivity contribution in [3.8, 4) is 5.75 Å². The molecule has 1 aromatic carbocycles. The van der Waals surface area contributed by atoms with E-state index in [-0.39, 0.29) is 6.42 Å². The van der Waals surface area contributed by atoms with E-state index in [1.807, 2.05) is 36.7 Å². The van der Waals surface area contributed by atoms with Gasteiger partial charge in [-0.1, -0.05) is 0 Å². The van der Waals surface area contributed by atoms with Crippen molar-refractivity contribution in [3.05, 3.63) is 66.1 Å². The lowest BCUT2D eigenvalue weighted by molar-refractivity contribution is -0.137. The van der Waals surface area contributed by atoms with E-state index < -0.39 is 12.1 Å². The minimum atomic E-state index is -0.735. The Balaban J connectivity index is 1.35. The number of aryl methyl sites for hydroxylation is 1. The Kier molecular flexibility index (Phi) is 9.25. The van der Waals surface area contributed by atoms with Crippen molar-refractivity contribution < 1.29 is 19.7 Å². The zero-order chi connectivity index (χ0) is 25.3. The summed E-state index contributed by atoms with van der Waals surface area (Å²) in [5, 5.41) is 21.3. The lowest BCUT2D eigenvalue weighted by Gasteiger charge is -2.39. The van der Waals surface area contributed by atoms with E-state index in [2.05, 4.69) is 27.0 Å². The number of nitrogens with zero attached hydrogens (tertiary/aromatic N) is 3. The van der Waals surface area contributed by atoms with E-state index in [1.54, 1.807) is 13.3 Å². The predicted octanol–water partition coefficient (Wildman–Crippen LogP) is 4.89. The van der Waals surface area contributed by atoms with Crippen LogP contribution in [0.4, 0.5) is 0 Å². The van der Waals surface area contributed by atoms with E-state index in [4.69, 9.17) is 4.74 Å². The van der Waals surface area contributed by atoms with Crippen LogP contribution in [-0.2, 0) is 11.2 Å². The molecule has 2 aromatic heterocycles. The molecule has 192 valence electrons. The van der Waals surface area contributed by atoms with E-state index in [0.717, 1.165) is 67.5 Å². The smallest absolute Gasteiger partial charge is 0.303 e. The van der Waals surface area contributed by atoms with E-state index >= 15 is 0 Å². The number of fused-ring (bicyclic) bond motifs is 1. The molecule has 2 N–H and O–H groups in total. The van der Waals surface area contributed by atoms with Crippen molar-refractivity contribution in [1.82, 2.24) is 14.9 Å². The SMILES string of the molecule is COc1ccc2nccc(C(O)CC[C@@H]3CCN(CCCc4ccncc4)C[C@@H]3CCC(=O)O)c2c1. The number of aliphatic carboxylic acids is 1. The number of aromatic nitrogens is 2. The monoisotopic (exact) mass is 491 g/mol. The molecule has 7 heteroatoms. The molecule has 1 aliphatic rings. The third kappa shape index (κ3) is 7.02. The van der Waals surface area contributed by atoms with Crippen LogP contribution in [-0.4, -0.2) is 57.8 Å². The first-order valence-electron chi connectivity index (χ1n) is 13.0. The third-order valence-corrected chi connectivity index (χ3v) is 7.55. The Morgan fingerprint density at radius 2 is 1.97 bits per heavy atom. The number of aliphatic hydroxyl groups is 1. The maximum Gasteiger partial charge on any atom is 0.303 e. The zero-order valence-electron chi connectivity index (χ0n) is 21.1. The van der Waals surface area contributed by atoms with Gasteiger partial charge in [-0.25, -0.2) is 0 Å². The van der Waals surface area contributed by atoms with Gasteiger partial charge in [0.25, 0.3) is 0 Å². The first kappa shape index (κ1) is 26.0. The molecule has 3 heterocycles. The van der Waals surface area contributed by atoms with Crippen molar-refractivity contribution in [3.63, 3.8) is 0 Å². The highest BCUT2D eigenvalue weighted by Crippen LogP contribution is 2.35. The summed E-state index contributed by atoms with van der Waals surface area (Å²) < 4.78 is 5.37. The van der Waals surface area contributed by atoms with E-state index in [9.17, 15) is 15.0 Å². The maximum atomic E-state index is 11.3. The number of methoxy groups -OCH3 is 1. The minimum absolute atomic E-state index is 0.198. The van der Waals surface area contributed by atoms with Crippen LogP contribution in [0.3, 0.4) is 0 Å². The number of carboxylic acids is 1. The Morgan fingerprint density at radius 1 is 1.14 bits per heavy atom. The number of hydrogen-bond acceptors (Lipinski definition) is 6. The molecule has 0 aliphatic carbocycles. The van der Waals surface area contributed by atoms with Crippen LogP contribution in [0.2, 0.25) is 0 Å². The normalized spacial score (nSPS) is 19.3. The summed E-state index contributed by atoms with van der Waals surface area (Å²) in [6.07, 6.45) is 10.4. The highest BCUT2D eigenvalue weighted by atomic mass is 16.5. The number of carboxylic acid groups (broad SMARTS) is 1. The number of hydrogen-bond donors (Lipinski definition) is 2. The van der Waals surface area contributed by atoms with Crippen molar-refractivity contribution in [2.75, 3.05) is 26.7 Å². The van der Waals surface area contributed by atoms with Gasteiger partial charge in [0.05, 0.1) is 18.7 Å². The number of aliphatic hydroxyl groups excluding tert-OH is 1. The number of pyridine rings is 2. The molecule has 7 nitrogen and oxygen atoms in total. The molecule has 0 radical (unpaired) electrons. The van der Waals surface area contributed by atoms with Crippen molar-refractivity contribution in [2.45, 2.75) is 51.0 Å². The van der Waals surface area contributed by atoms with Crippen LogP contribution in [0.15, 0.2) is 55.0 Å². The molecule has 0 saturated carbocycles. The highest BCUT2D eigenvalue weighted by Gasteiger charge is 2.30. The van der Waals surface area contributed by atoms with Crippen molar-refractivity contribution in [1.29, 1.82) is 0 Å². The van der Waals surface area contributed by atoms with Gasteiger partial charge in [-0.2, -0.15) is 0 Å². The summed E-state index contributed by atoms with van der Waals surface area (Å²) in [6.45, 7) is 2.97. The predicted molar refractivity (Wildman–Crippen MR) is 140 cm³/mol. The van der Waals surface area contributed by atoms with Crippen LogP contribution < -0.4 is 4.74 Å². The van der Waals surface area contributed by atoms with Gasteiger partial charge in [0, 0.05) is 36.9 Å². The topological polar surface area (TPSA) is 95.8 Å². The second-order valence-electron chi connectivity index (χ2n) is 9.88. The molecule has 0 bridgehead atoms. The fraction of sp³-hybridized carbons (Fsp3) is 0.483. The van der Waals surface area contributed by atoms with Crippen LogP contribution in [0.5, 0.6) is 5.75 Å². The van der Waals surface area contributed by atoms with Gasteiger partial charge in [-0.15, -0.1) is 0 Å². The zero-order valence-corrected chi connectivity index (χ0v) is 21.1. The summed E-state index contributed by atoms with van der Waals surface area (Å²) in [4.78, 5) is 22.3. The molecule has 1 aliphatic heterocycles. The summed E-state index contributed by atoms with van der Waals surface area (Å²) in [5.74, 6) is 0.755. The third-order valence-electron chi connectivity index (χ3n) is 7.55. The number of rotatable bonds is 12. The standard InChI is InChI=1S/C29H37N3O4/c1-36-24-6-7-27-26(19-24)25(12-16-31-27)28(33)8-4-22-13-18-32(20-23(22)5-9-29(34)35)17-2-3-21-10-14-30-15-11-21/h6-7,10-12,14-16,19,22-23,28,33H,2-5,8-9,13,17-18,20H2,1H3,(H,34,35)/t22-,23+,28?/m1/s1. The largest absolute Gasteiger partial charge is 0.497 e. The molecule has 0 amide bonds. The summed E-state index contributed by atoms with van der Waals surface area (Å²) in [5.41, 5.74) is 3.01. The summed E-state index contributed by atoms with van der Waals surface area (Å²) in [7, 11) is 1.64. The first-order chi connectivity index (χ1) is 17.5. The first-order valence-corrected chi connectivity index (χ1v) is 13.0. The average molecular weight is 492 g/mol. The van der Waals surface area contributed by atoms with Crippen molar-refractivity contribution >= 4 is 16.9 Å². The van der Waals surface area contributed by atoms with Gasteiger partial charge in [-0.3, -0.25) is 14.8 Å². The van der Waals surface area contributed by atoms with Crippen LogP contribution in [0.25, 0.3) is 10.9 Å². The number of piperidine rings is 1. The van der Waals surface area contributed by atoms with Crippen molar-refractivity contribution in [2.24, 2.45) is 11.8 Å². The molecule has 0 spiro atoms. The maximum absolute atomic E-state index is 11.3. The molecule has 1 saturated heterocycles. The van der Waals surface area contributed by atoms with Crippen LogP contribution in [0.1, 0.15) is 55.8 Å². The van der Waals surface area contributed by atoms with E-state index in [0.29, 0.717) is 24.7 Å². The Morgan fingerprint density at radius 3 is 2.75 bits per heavy atom. The Labute approximate surface area is 213 Å². The molecular weight excluding hydrogens is 454 g/mol. The van der Waals surface area contributed by atoms with E-state index in [1.165, 1.54) is 5.56 Å². The number of carbonyl (C=O) groups is 1. The number of likely N-dealkylation sites (tertiary alicyclic amines) is 1. The van der Waals surface area contributed by atoms with Gasteiger partial charge in [-0.05, 0) is 111 Å². The van der Waals surface area contributed by atoms with Gasteiger partial charge in [0.1, 0.15) is 5.75 Å². The molecule has 4 rings (SSSR count). The van der Waals surface area contributed by atoms with Crippen LogP contribution in [0, 0.1) is 11.8 Å². The minimum Gasteiger partial charge on any atom is -0.497 e. The highest BCUT2D eigenvalue weighted by molar-refractivity contribution is 5.83. The fourth-order valence-electron chi connectivity index (χ4n) is 5.52. The molecule has 3 aromatic rings. The fourth-order valence-corrected chi connectivity index (χ4v) is 5.52. The average Bonchev–Trinajstić information content (AvgIpc) is 2.91. The number of ether oxygens (including phenoxy) is 1. The van der Waals surface area contributed by atoms with Crippen LogP contribution >= 0.6 is 0 Å². The molecule has 1 unspecified atom stereocenters. The second-order valence-corrected chi connectivity index (χ2v) is 9.88. The Hall–Kier alpha value is -3.03. The summed E-state index contributed by atoms with van der Waals surface area (Å²) in [6, 6.07) is 11.7. The summed E-state index contributed by atoms with van der Waals surface area (Å²) >= 11 is 0. The van der Waals surface area contributed by atoms with Gasteiger partial charge < -0.3 is 19.8 Å². The molecule has 1 fully saturated rings. The molecule has 3 atom stereocenters. The second kappa shape index (κ2) is 12.8. The molecule has 36 heavy (non-hydrogen) atoms. The lowest BCUT2D eigenvalue weighted by Crippen LogP contribution is -2.41. The van der Waals surface area contributed by atoms with Gasteiger partial charge in [0.15, 0.2) is 0 Å². The van der Waals surface area contributed by atoms with Gasteiger partial charge >= 0.3 is 5.97 Å². The number of benzene rings is 1. The Bertz CT molecular complexity index is 1120.